The molecule has 0 saturated carbocycles. The fourth-order valence-electron chi connectivity index (χ4n) is 1.69. The maximum atomic E-state index is 10.7. The quantitative estimate of drug-likeness (QED) is 0.483. The Labute approximate surface area is 103 Å². The van der Waals surface area contributed by atoms with Crippen molar-refractivity contribution in [1.82, 2.24) is 9.78 Å². The minimum Gasteiger partial charge on any atom is -0.324 e. The van der Waals surface area contributed by atoms with E-state index in [1.54, 1.807) is 10.7 Å². The largest absolute Gasteiger partial charge is 0.324 e. The van der Waals surface area contributed by atoms with Gasteiger partial charge in [-0.25, -0.2) is 0 Å². The maximum absolute atomic E-state index is 10.7. The van der Waals surface area contributed by atoms with Gasteiger partial charge in [-0.2, -0.15) is 5.10 Å². The molecular formula is C11H13N5O2. The van der Waals surface area contributed by atoms with Crippen molar-refractivity contribution >= 4 is 11.4 Å². The number of nitrogens with two attached hydrogens (primary N) is 1. The second kappa shape index (κ2) is 4.84. The molecule has 2 aromatic rings. The lowest BCUT2D eigenvalue weighted by atomic mass is 10.1. The molecular weight excluding hydrogens is 234 g/mol. The second-order valence-electron chi connectivity index (χ2n) is 3.90. The number of nitrogen functional groups attached to an aromatic ring is 1. The molecule has 0 saturated heterocycles. The van der Waals surface area contributed by atoms with Crippen molar-refractivity contribution in [1.29, 1.82) is 0 Å². The van der Waals surface area contributed by atoms with Crippen LogP contribution in [0.3, 0.4) is 0 Å². The van der Waals surface area contributed by atoms with Gasteiger partial charge in [-0.1, -0.05) is 0 Å². The van der Waals surface area contributed by atoms with Gasteiger partial charge in [0.25, 0.3) is 5.69 Å². The molecule has 0 spiro atoms. The number of nitrogens with zero attached hydrogens (tertiary/aromatic N) is 3. The smallest absolute Gasteiger partial charge is 0.269 e. The van der Waals surface area contributed by atoms with Gasteiger partial charge in [0.2, 0.25) is 0 Å². The highest BCUT2D eigenvalue weighted by atomic mass is 16.6. The summed E-state index contributed by atoms with van der Waals surface area (Å²) >= 11 is 0. The molecule has 3 N–H and O–H groups in total. The molecule has 0 unspecified atom stereocenters. The number of benzene rings is 1. The van der Waals surface area contributed by atoms with E-state index in [1.165, 1.54) is 12.1 Å². The van der Waals surface area contributed by atoms with Crippen molar-refractivity contribution < 1.29 is 4.92 Å². The Balaban J connectivity index is 2.35. The van der Waals surface area contributed by atoms with Crippen LogP contribution in [0.5, 0.6) is 0 Å². The van der Waals surface area contributed by atoms with Gasteiger partial charge in [0.1, 0.15) is 0 Å². The van der Waals surface area contributed by atoms with Crippen LogP contribution >= 0.6 is 0 Å². The Hall–Kier alpha value is -2.41. The first-order valence-electron chi connectivity index (χ1n) is 5.34. The number of anilines is 1. The van der Waals surface area contributed by atoms with Crippen LogP contribution in [0.15, 0.2) is 30.5 Å². The van der Waals surface area contributed by atoms with E-state index in [-0.39, 0.29) is 5.69 Å². The molecule has 18 heavy (non-hydrogen) atoms. The number of nitro groups is 1. The summed E-state index contributed by atoms with van der Waals surface area (Å²) in [5.41, 5.74) is 4.82. The van der Waals surface area contributed by atoms with E-state index in [2.05, 4.69) is 10.5 Å². The lowest BCUT2D eigenvalue weighted by Gasteiger charge is -2.08. The van der Waals surface area contributed by atoms with Crippen LogP contribution < -0.4 is 11.3 Å². The molecule has 1 heterocycles. The third-order valence-corrected chi connectivity index (χ3v) is 2.56. The van der Waals surface area contributed by atoms with E-state index in [0.717, 1.165) is 11.3 Å². The van der Waals surface area contributed by atoms with Crippen molar-refractivity contribution in [3.05, 3.63) is 51.8 Å². The van der Waals surface area contributed by atoms with Crippen molar-refractivity contribution in [2.45, 2.75) is 13.5 Å². The molecule has 0 amide bonds. The summed E-state index contributed by atoms with van der Waals surface area (Å²) in [6.45, 7) is 2.31. The number of nitro benzene ring substituents is 1. The summed E-state index contributed by atoms with van der Waals surface area (Å²) in [5.74, 6) is 5.39. The van der Waals surface area contributed by atoms with Crippen molar-refractivity contribution in [3.8, 4) is 0 Å². The fraction of sp³-hybridized carbons (Fsp3) is 0.182. The third kappa shape index (κ3) is 2.46. The number of hydrogen-bond acceptors (Lipinski definition) is 5. The average molecular weight is 247 g/mol. The molecule has 0 bridgehead atoms. The third-order valence-electron chi connectivity index (χ3n) is 2.56. The standard InChI is InChI=1S/C11H13N5O2/c1-8-4-5-15(14-8)7-9-6-10(16(17)18)2-3-11(9)13-12/h2-6,13H,7,12H2,1H3. The summed E-state index contributed by atoms with van der Waals surface area (Å²) in [5, 5.41) is 15.0. The molecule has 1 aromatic heterocycles. The monoisotopic (exact) mass is 247 g/mol. The molecule has 0 aliphatic heterocycles. The molecule has 0 fully saturated rings. The molecule has 94 valence electrons. The van der Waals surface area contributed by atoms with E-state index in [9.17, 15) is 10.1 Å². The zero-order chi connectivity index (χ0) is 13.1. The molecule has 1 aromatic carbocycles. The summed E-state index contributed by atoms with van der Waals surface area (Å²) in [7, 11) is 0. The van der Waals surface area contributed by atoms with Crippen LogP contribution in [0.1, 0.15) is 11.3 Å². The van der Waals surface area contributed by atoms with Crippen LogP contribution in [0.25, 0.3) is 0 Å². The summed E-state index contributed by atoms with van der Waals surface area (Å²) < 4.78 is 1.70. The number of hydrazine groups is 1. The number of non-ortho nitro benzene ring substituents is 1. The van der Waals surface area contributed by atoms with Crippen LogP contribution in [0, 0.1) is 17.0 Å². The molecule has 2 rings (SSSR count). The number of aryl methyl sites for hydroxylation is 1. The summed E-state index contributed by atoms with van der Waals surface area (Å²) in [6.07, 6.45) is 1.81. The normalized spacial score (nSPS) is 10.3. The van der Waals surface area contributed by atoms with Gasteiger partial charge in [0.15, 0.2) is 0 Å². The van der Waals surface area contributed by atoms with Gasteiger partial charge in [-0.15, -0.1) is 0 Å². The molecule has 0 atom stereocenters. The van der Waals surface area contributed by atoms with Crippen LogP contribution in [-0.4, -0.2) is 14.7 Å². The topological polar surface area (TPSA) is 99.0 Å². The maximum Gasteiger partial charge on any atom is 0.269 e. The predicted molar refractivity (Wildman–Crippen MR) is 67.0 cm³/mol. The second-order valence-corrected chi connectivity index (χ2v) is 3.90. The molecule has 0 aliphatic carbocycles. The van der Waals surface area contributed by atoms with Crippen molar-refractivity contribution in [3.63, 3.8) is 0 Å². The highest BCUT2D eigenvalue weighted by Gasteiger charge is 2.11. The Kier molecular flexibility index (Phi) is 3.24. The Morgan fingerprint density at radius 1 is 1.50 bits per heavy atom. The summed E-state index contributed by atoms with van der Waals surface area (Å²) in [4.78, 5) is 10.3. The lowest BCUT2D eigenvalue weighted by Crippen LogP contribution is -2.11. The lowest BCUT2D eigenvalue weighted by molar-refractivity contribution is -0.384. The van der Waals surface area contributed by atoms with Gasteiger partial charge < -0.3 is 5.43 Å². The van der Waals surface area contributed by atoms with Gasteiger partial charge in [0.05, 0.1) is 22.8 Å². The molecule has 0 aliphatic rings. The van der Waals surface area contributed by atoms with E-state index in [0.29, 0.717) is 12.2 Å². The molecule has 7 nitrogen and oxygen atoms in total. The number of aromatic nitrogens is 2. The van der Waals surface area contributed by atoms with Crippen LogP contribution in [0.4, 0.5) is 11.4 Å². The van der Waals surface area contributed by atoms with Gasteiger partial charge in [-0.05, 0) is 19.1 Å². The van der Waals surface area contributed by atoms with Crippen LogP contribution in [0.2, 0.25) is 0 Å². The first-order chi connectivity index (χ1) is 8.60. The zero-order valence-corrected chi connectivity index (χ0v) is 9.83. The van der Waals surface area contributed by atoms with E-state index >= 15 is 0 Å². The first-order valence-corrected chi connectivity index (χ1v) is 5.34. The van der Waals surface area contributed by atoms with Gasteiger partial charge in [-0.3, -0.25) is 20.6 Å². The minimum absolute atomic E-state index is 0.0351. The minimum atomic E-state index is -0.432. The highest BCUT2D eigenvalue weighted by Crippen LogP contribution is 2.22. The SMILES string of the molecule is Cc1ccn(Cc2cc([N+](=O)[O-])ccc2NN)n1. The fourth-order valence-corrected chi connectivity index (χ4v) is 1.69. The Morgan fingerprint density at radius 3 is 2.83 bits per heavy atom. The van der Waals surface area contributed by atoms with Crippen molar-refractivity contribution in [2.24, 2.45) is 5.84 Å². The van der Waals surface area contributed by atoms with E-state index < -0.39 is 4.92 Å². The van der Waals surface area contributed by atoms with Gasteiger partial charge in [0, 0.05) is 23.9 Å². The van der Waals surface area contributed by atoms with E-state index in [4.69, 9.17) is 5.84 Å². The number of nitrogens with one attached hydrogen (secondary N) is 1. The number of hydrogen-bond donors (Lipinski definition) is 2. The highest BCUT2D eigenvalue weighted by molar-refractivity contribution is 5.55. The average Bonchev–Trinajstić information content (AvgIpc) is 2.74. The Bertz CT molecular complexity index is 579. The predicted octanol–water partition coefficient (Wildman–Crippen LogP) is 1.43. The van der Waals surface area contributed by atoms with E-state index in [1.807, 2.05) is 19.2 Å². The Morgan fingerprint density at radius 2 is 2.28 bits per heavy atom. The first kappa shape index (κ1) is 12.1. The van der Waals surface area contributed by atoms with Crippen molar-refractivity contribution in [2.75, 3.05) is 5.43 Å². The summed E-state index contributed by atoms with van der Waals surface area (Å²) in [6, 6.07) is 6.36. The zero-order valence-electron chi connectivity index (χ0n) is 9.83. The number of rotatable bonds is 4. The van der Waals surface area contributed by atoms with Crippen LogP contribution in [-0.2, 0) is 6.54 Å². The van der Waals surface area contributed by atoms with Gasteiger partial charge >= 0.3 is 0 Å². The molecule has 7 heteroatoms. The molecule has 0 radical (unpaired) electrons.